The van der Waals surface area contributed by atoms with Crippen LogP contribution in [0, 0.1) is 6.92 Å². The van der Waals surface area contributed by atoms with Crippen LogP contribution in [0.25, 0.3) is 5.78 Å². The average molecular weight is 442 g/mol. The smallest absolute Gasteiger partial charge is 0.368 e. The lowest BCUT2D eigenvalue weighted by atomic mass is 10.1. The molecular weight excluding hydrogens is 427 g/mol. The van der Waals surface area contributed by atoms with Crippen LogP contribution in [0.1, 0.15) is 23.1 Å². The highest BCUT2D eigenvalue weighted by Crippen LogP contribution is 2.35. The van der Waals surface area contributed by atoms with E-state index in [1.807, 2.05) is 17.9 Å². The molecule has 1 unspecified atom stereocenters. The van der Waals surface area contributed by atoms with E-state index >= 15 is 0 Å². The summed E-state index contributed by atoms with van der Waals surface area (Å²) >= 11 is 3.18. The van der Waals surface area contributed by atoms with Crippen LogP contribution in [0.4, 0.5) is 18.9 Å². The van der Waals surface area contributed by atoms with Gasteiger partial charge in [0.1, 0.15) is 12.4 Å². The van der Waals surface area contributed by atoms with Crippen molar-refractivity contribution >= 4 is 27.4 Å². The number of alkyl halides is 3. The molecule has 1 aromatic carbocycles. The molecule has 2 aromatic heterocycles. The van der Waals surface area contributed by atoms with Crippen molar-refractivity contribution in [1.82, 2.24) is 19.6 Å². The van der Waals surface area contributed by atoms with E-state index in [0.717, 1.165) is 23.5 Å². The van der Waals surface area contributed by atoms with Gasteiger partial charge in [-0.15, -0.1) is 0 Å². The van der Waals surface area contributed by atoms with Crippen molar-refractivity contribution < 1.29 is 17.9 Å². The van der Waals surface area contributed by atoms with Crippen molar-refractivity contribution in [2.45, 2.75) is 19.2 Å². The maximum atomic E-state index is 13.2. The van der Waals surface area contributed by atoms with Gasteiger partial charge in [0, 0.05) is 28.9 Å². The molecule has 3 aromatic rings. The molecule has 0 aliphatic carbocycles. The Morgan fingerprint density at radius 3 is 2.81 bits per heavy atom. The number of nitrogens with zero attached hydrogens (tertiary/aromatic N) is 5. The number of benzene rings is 1. The Kier molecular flexibility index (Phi) is 4.55. The zero-order valence-electron chi connectivity index (χ0n) is 14.2. The average Bonchev–Trinajstić information content (AvgIpc) is 3.08. The molecule has 4 rings (SSSR count). The fourth-order valence-electron chi connectivity index (χ4n) is 3.17. The number of fused-ring (bicyclic) bond motifs is 1. The van der Waals surface area contributed by atoms with Gasteiger partial charge in [0.15, 0.2) is 0 Å². The lowest BCUT2D eigenvalue weighted by Crippen LogP contribution is -2.39. The number of anilines is 1. The molecule has 0 radical (unpaired) electrons. The van der Waals surface area contributed by atoms with Crippen LogP contribution >= 0.6 is 15.9 Å². The largest absolute Gasteiger partial charge is 0.416 e. The summed E-state index contributed by atoms with van der Waals surface area (Å²) in [6, 6.07) is 5.78. The summed E-state index contributed by atoms with van der Waals surface area (Å²) in [5.41, 5.74) is 1.35. The number of aryl methyl sites for hydroxylation is 1. The first kappa shape index (κ1) is 18.2. The van der Waals surface area contributed by atoms with E-state index in [9.17, 15) is 13.2 Å². The van der Waals surface area contributed by atoms with Gasteiger partial charge < -0.3 is 9.64 Å². The van der Waals surface area contributed by atoms with Gasteiger partial charge in [-0.25, -0.2) is 4.98 Å². The number of aromatic nitrogens is 4. The topological polar surface area (TPSA) is 55.6 Å². The predicted octanol–water partition coefficient (Wildman–Crippen LogP) is 3.79. The summed E-state index contributed by atoms with van der Waals surface area (Å²) in [4.78, 5) is 10.3. The summed E-state index contributed by atoms with van der Waals surface area (Å²) in [5.74, 6) is 0.465. The highest BCUT2D eigenvalue weighted by molar-refractivity contribution is 9.10. The predicted molar refractivity (Wildman–Crippen MR) is 95.6 cm³/mol. The van der Waals surface area contributed by atoms with Crippen LogP contribution in [-0.2, 0) is 10.9 Å². The lowest BCUT2D eigenvalue weighted by Gasteiger charge is -2.35. The van der Waals surface area contributed by atoms with Crippen LogP contribution < -0.4 is 4.90 Å². The fourth-order valence-corrected chi connectivity index (χ4v) is 3.65. The van der Waals surface area contributed by atoms with Crippen LogP contribution in [0.2, 0.25) is 0 Å². The fraction of sp³-hybridized carbons (Fsp3) is 0.353. The molecule has 142 valence electrons. The van der Waals surface area contributed by atoms with E-state index in [1.54, 1.807) is 10.6 Å². The molecular formula is C17H15BrF3N5O. The number of hydrogen-bond donors (Lipinski definition) is 0. The molecule has 3 heterocycles. The van der Waals surface area contributed by atoms with Gasteiger partial charge in [-0.2, -0.15) is 27.8 Å². The number of halogens is 4. The second-order valence-electron chi connectivity index (χ2n) is 6.30. The molecule has 0 spiro atoms. The SMILES string of the molecule is Cc1cc(C2CN(c3cc(Br)cc(C(F)(F)F)c3)CCO2)n2ncnc2n1. The van der Waals surface area contributed by atoms with Crippen LogP contribution in [-0.4, -0.2) is 39.3 Å². The Bertz CT molecular complexity index is 990. The van der Waals surface area contributed by atoms with Crippen molar-refractivity contribution in [2.24, 2.45) is 0 Å². The molecule has 0 bridgehead atoms. The Morgan fingerprint density at radius 1 is 1.22 bits per heavy atom. The van der Waals surface area contributed by atoms with Crippen molar-refractivity contribution in [2.75, 3.05) is 24.6 Å². The Balaban J connectivity index is 1.67. The van der Waals surface area contributed by atoms with Crippen LogP contribution in [0.15, 0.2) is 35.1 Å². The summed E-state index contributed by atoms with van der Waals surface area (Å²) in [5, 5.41) is 4.18. The standard InChI is InChI=1S/C17H15BrF3N5O/c1-10-4-14(26-16(24-10)22-9-23-26)15-8-25(2-3-27-15)13-6-11(17(19,20)21)5-12(18)7-13/h4-7,9,15H,2-3,8H2,1H3. The minimum absolute atomic E-state index is 0.363. The highest BCUT2D eigenvalue weighted by Gasteiger charge is 2.32. The summed E-state index contributed by atoms with van der Waals surface area (Å²) in [6.07, 6.45) is -3.35. The van der Waals surface area contributed by atoms with Gasteiger partial charge >= 0.3 is 6.18 Å². The molecule has 10 heteroatoms. The number of hydrogen-bond acceptors (Lipinski definition) is 5. The van der Waals surface area contributed by atoms with E-state index in [4.69, 9.17) is 4.74 Å². The van der Waals surface area contributed by atoms with E-state index in [2.05, 4.69) is 31.0 Å². The Labute approximate surface area is 161 Å². The number of ether oxygens (including phenoxy) is 1. The van der Waals surface area contributed by atoms with Gasteiger partial charge in [-0.05, 0) is 31.2 Å². The van der Waals surface area contributed by atoms with Crippen LogP contribution in [0.3, 0.4) is 0 Å². The van der Waals surface area contributed by atoms with E-state index < -0.39 is 11.7 Å². The minimum atomic E-state index is -4.40. The quantitative estimate of drug-likeness (QED) is 0.605. The summed E-state index contributed by atoms with van der Waals surface area (Å²) in [6.45, 7) is 3.12. The molecule has 1 aliphatic heterocycles. The highest BCUT2D eigenvalue weighted by atomic mass is 79.9. The second-order valence-corrected chi connectivity index (χ2v) is 7.21. The molecule has 27 heavy (non-hydrogen) atoms. The molecule has 1 saturated heterocycles. The van der Waals surface area contributed by atoms with Gasteiger partial charge in [0.25, 0.3) is 5.78 Å². The Morgan fingerprint density at radius 2 is 2.04 bits per heavy atom. The third-order valence-electron chi connectivity index (χ3n) is 4.38. The third kappa shape index (κ3) is 3.63. The maximum absolute atomic E-state index is 13.2. The summed E-state index contributed by atoms with van der Waals surface area (Å²) < 4.78 is 47.3. The molecule has 0 N–H and O–H groups in total. The van der Waals surface area contributed by atoms with Crippen LogP contribution in [0.5, 0.6) is 0 Å². The molecule has 1 aliphatic rings. The minimum Gasteiger partial charge on any atom is -0.368 e. The molecule has 1 fully saturated rings. The van der Waals surface area contributed by atoms with Gasteiger partial charge in [0.05, 0.1) is 17.9 Å². The third-order valence-corrected chi connectivity index (χ3v) is 4.84. The van der Waals surface area contributed by atoms with E-state index in [0.29, 0.717) is 35.6 Å². The second kappa shape index (κ2) is 6.75. The zero-order valence-corrected chi connectivity index (χ0v) is 15.8. The van der Waals surface area contributed by atoms with Crippen molar-refractivity contribution in [1.29, 1.82) is 0 Å². The monoisotopic (exact) mass is 441 g/mol. The lowest BCUT2D eigenvalue weighted by molar-refractivity contribution is -0.137. The first-order chi connectivity index (χ1) is 12.8. The molecule has 0 saturated carbocycles. The zero-order chi connectivity index (χ0) is 19.2. The Hall–Kier alpha value is -2.20. The molecule has 6 nitrogen and oxygen atoms in total. The van der Waals surface area contributed by atoms with Gasteiger partial charge in [0.2, 0.25) is 0 Å². The normalized spacial score (nSPS) is 18.3. The first-order valence-electron chi connectivity index (χ1n) is 8.23. The molecule has 0 amide bonds. The van der Waals surface area contributed by atoms with Crippen molar-refractivity contribution in [3.63, 3.8) is 0 Å². The summed E-state index contributed by atoms with van der Waals surface area (Å²) in [7, 11) is 0. The number of rotatable bonds is 2. The maximum Gasteiger partial charge on any atom is 0.416 e. The van der Waals surface area contributed by atoms with E-state index in [1.165, 1.54) is 6.33 Å². The van der Waals surface area contributed by atoms with Gasteiger partial charge in [-0.3, -0.25) is 0 Å². The van der Waals surface area contributed by atoms with E-state index in [-0.39, 0.29) is 6.10 Å². The van der Waals surface area contributed by atoms with Crippen molar-refractivity contribution in [3.8, 4) is 0 Å². The number of morpholine rings is 1. The van der Waals surface area contributed by atoms with Gasteiger partial charge in [-0.1, -0.05) is 15.9 Å². The van der Waals surface area contributed by atoms with Crippen molar-refractivity contribution in [3.05, 3.63) is 52.0 Å². The first-order valence-corrected chi connectivity index (χ1v) is 9.02. The molecule has 1 atom stereocenters.